The fraction of sp³-hybridized carbons (Fsp3) is 0.211. The Morgan fingerprint density at radius 2 is 1.96 bits per heavy atom. The molecule has 0 aliphatic rings. The maximum atomic E-state index is 12.4. The van der Waals surface area contributed by atoms with E-state index in [-0.39, 0.29) is 12.3 Å². The van der Waals surface area contributed by atoms with Gasteiger partial charge in [0.2, 0.25) is 11.8 Å². The summed E-state index contributed by atoms with van der Waals surface area (Å²) in [4.78, 5) is 16.5. The molecule has 0 aliphatic heterocycles. The van der Waals surface area contributed by atoms with Gasteiger partial charge in [-0.25, -0.2) is 9.67 Å². The molecule has 0 aliphatic carbocycles. The van der Waals surface area contributed by atoms with Crippen molar-refractivity contribution < 1.29 is 9.53 Å². The number of amides is 1. The minimum atomic E-state index is -0.151. The molecule has 3 aromatic rings. The third-order valence-electron chi connectivity index (χ3n) is 4.16. The third-order valence-corrected chi connectivity index (χ3v) is 4.89. The molecule has 0 saturated heterocycles. The normalized spacial score (nSPS) is 10.7. The molecule has 0 saturated carbocycles. The summed E-state index contributed by atoms with van der Waals surface area (Å²) in [6.07, 6.45) is 1.75. The zero-order valence-corrected chi connectivity index (χ0v) is 16.6. The van der Waals surface area contributed by atoms with E-state index in [0.717, 1.165) is 22.6 Å². The number of anilines is 1. The molecule has 0 unspecified atom stereocenters. The molecule has 2 heterocycles. The summed E-state index contributed by atoms with van der Waals surface area (Å²) in [6, 6.07) is 8.73. The van der Waals surface area contributed by atoms with Crippen LogP contribution in [0.15, 0.2) is 36.5 Å². The van der Waals surface area contributed by atoms with E-state index in [4.69, 9.17) is 27.9 Å². The zero-order valence-electron chi connectivity index (χ0n) is 15.1. The molecule has 1 amide bonds. The van der Waals surface area contributed by atoms with Gasteiger partial charge in [0, 0.05) is 17.3 Å². The summed E-state index contributed by atoms with van der Waals surface area (Å²) in [5.41, 5.74) is 3.90. The average Bonchev–Trinajstić information content (AvgIpc) is 2.93. The minimum absolute atomic E-state index is 0.151. The number of hydrogen-bond donors (Lipinski definition) is 1. The Balaban J connectivity index is 1.79. The maximum absolute atomic E-state index is 12.4. The Bertz CT molecular complexity index is 984. The van der Waals surface area contributed by atoms with Crippen LogP contribution in [0.2, 0.25) is 10.0 Å². The molecule has 0 bridgehead atoms. The molecule has 0 atom stereocenters. The van der Waals surface area contributed by atoms with Crippen LogP contribution in [0.3, 0.4) is 0 Å². The first-order chi connectivity index (χ1) is 12.9. The van der Waals surface area contributed by atoms with Crippen LogP contribution in [0.25, 0.3) is 5.69 Å². The number of halogens is 2. The van der Waals surface area contributed by atoms with E-state index in [1.54, 1.807) is 35.1 Å². The fourth-order valence-electron chi connectivity index (χ4n) is 2.74. The summed E-state index contributed by atoms with van der Waals surface area (Å²) in [5, 5.41) is 8.30. The molecule has 0 fully saturated rings. The molecule has 3 rings (SSSR count). The quantitative estimate of drug-likeness (QED) is 0.684. The third kappa shape index (κ3) is 4.23. The van der Waals surface area contributed by atoms with Crippen LogP contribution in [-0.4, -0.2) is 27.8 Å². The Hall–Kier alpha value is -2.57. The number of pyridine rings is 1. The minimum Gasteiger partial charge on any atom is -0.481 e. The number of carbonyl (C=O) groups excluding carboxylic acids is 1. The molecular weight excluding hydrogens is 387 g/mol. The predicted molar refractivity (Wildman–Crippen MR) is 106 cm³/mol. The number of aromatic nitrogens is 3. The van der Waals surface area contributed by atoms with Gasteiger partial charge in [-0.05, 0) is 38.1 Å². The van der Waals surface area contributed by atoms with E-state index in [1.165, 1.54) is 7.11 Å². The number of nitrogens with zero attached hydrogens (tertiary/aromatic N) is 3. The Kier molecular flexibility index (Phi) is 5.68. The molecule has 27 heavy (non-hydrogen) atoms. The summed E-state index contributed by atoms with van der Waals surface area (Å²) in [6.45, 7) is 3.79. The van der Waals surface area contributed by atoms with E-state index >= 15 is 0 Å². The van der Waals surface area contributed by atoms with E-state index in [9.17, 15) is 4.79 Å². The highest BCUT2D eigenvalue weighted by Crippen LogP contribution is 2.26. The van der Waals surface area contributed by atoms with Crippen molar-refractivity contribution in [2.75, 3.05) is 12.4 Å². The predicted octanol–water partition coefficient (Wildman–Crippen LogP) is 4.38. The monoisotopic (exact) mass is 404 g/mol. The Labute approximate surface area is 167 Å². The first-order valence-corrected chi connectivity index (χ1v) is 8.95. The number of rotatable bonds is 5. The van der Waals surface area contributed by atoms with Gasteiger partial charge in [-0.3, -0.25) is 4.79 Å². The smallest absolute Gasteiger partial charge is 0.228 e. The summed E-state index contributed by atoms with van der Waals surface area (Å²) in [7, 11) is 1.54. The second-order valence-electron chi connectivity index (χ2n) is 5.97. The van der Waals surface area contributed by atoms with Gasteiger partial charge in [-0.1, -0.05) is 23.2 Å². The molecule has 2 aromatic heterocycles. The van der Waals surface area contributed by atoms with Crippen molar-refractivity contribution in [3.8, 4) is 11.6 Å². The van der Waals surface area contributed by atoms with Gasteiger partial charge >= 0.3 is 0 Å². The summed E-state index contributed by atoms with van der Waals surface area (Å²) in [5.74, 6) is 0.337. The van der Waals surface area contributed by atoms with Crippen molar-refractivity contribution in [3.63, 3.8) is 0 Å². The van der Waals surface area contributed by atoms with Gasteiger partial charge in [0.15, 0.2) is 0 Å². The van der Waals surface area contributed by atoms with Crippen LogP contribution in [0, 0.1) is 13.8 Å². The van der Waals surface area contributed by atoms with Gasteiger partial charge in [0.25, 0.3) is 0 Å². The van der Waals surface area contributed by atoms with Crippen LogP contribution in [-0.2, 0) is 11.2 Å². The van der Waals surface area contributed by atoms with E-state index in [0.29, 0.717) is 21.6 Å². The summed E-state index contributed by atoms with van der Waals surface area (Å²) < 4.78 is 6.77. The molecule has 6 nitrogen and oxygen atoms in total. The molecule has 140 valence electrons. The number of carbonyl (C=O) groups is 1. The zero-order chi connectivity index (χ0) is 19.6. The molecule has 8 heteroatoms. The van der Waals surface area contributed by atoms with Crippen LogP contribution in [0.1, 0.15) is 17.0 Å². The number of methoxy groups -OCH3 is 1. The second-order valence-corrected chi connectivity index (χ2v) is 6.79. The van der Waals surface area contributed by atoms with Crippen LogP contribution < -0.4 is 10.1 Å². The molecular formula is C19H18Cl2N4O2. The number of aryl methyl sites for hydroxylation is 1. The van der Waals surface area contributed by atoms with Crippen LogP contribution >= 0.6 is 23.2 Å². The van der Waals surface area contributed by atoms with Gasteiger partial charge in [-0.15, -0.1) is 0 Å². The van der Waals surface area contributed by atoms with Crippen molar-refractivity contribution in [2.24, 2.45) is 0 Å². The van der Waals surface area contributed by atoms with Crippen LogP contribution in [0.5, 0.6) is 5.88 Å². The van der Waals surface area contributed by atoms with Gasteiger partial charge in [0.1, 0.15) is 0 Å². The topological polar surface area (TPSA) is 69.0 Å². The highest BCUT2D eigenvalue weighted by molar-refractivity contribution is 6.42. The lowest BCUT2D eigenvalue weighted by atomic mass is 10.1. The van der Waals surface area contributed by atoms with E-state index in [2.05, 4.69) is 15.4 Å². The standard InChI is InChI=1S/C19H18Cl2N4O2/c1-11-15(9-18(26)23-13-4-7-19(27-3)22-10-13)12(2)25(24-11)14-5-6-16(20)17(21)8-14/h4-8,10H,9H2,1-3H3,(H,23,26). The number of benzene rings is 1. The fourth-order valence-corrected chi connectivity index (χ4v) is 3.03. The highest BCUT2D eigenvalue weighted by atomic mass is 35.5. The second kappa shape index (κ2) is 7.98. The van der Waals surface area contributed by atoms with Gasteiger partial charge < -0.3 is 10.1 Å². The van der Waals surface area contributed by atoms with Crippen LogP contribution in [0.4, 0.5) is 5.69 Å². The summed E-state index contributed by atoms with van der Waals surface area (Å²) >= 11 is 12.1. The highest BCUT2D eigenvalue weighted by Gasteiger charge is 2.17. The number of hydrogen-bond acceptors (Lipinski definition) is 4. The molecule has 0 radical (unpaired) electrons. The van der Waals surface area contributed by atoms with Crippen molar-refractivity contribution >= 4 is 34.8 Å². The number of ether oxygens (including phenoxy) is 1. The van der Waals surface area contributed by atoms with Gasteiger partial charge in [-0.2, -0.15) is 5.10 Å². The van der Waals surface area contributed by atoms with E-state index < -0.39 is 0 Å². The first-order valence-electron chi connectivity index (χ1n) is 8.19. The molecule has 1 N–H and O–H groups in total. The van der Waals surface area contributed by atoms with Crippen molar-refractivity contribution in [1.29, 1.82) is 0 Å². The van der Waals surface area contributed by atoms with Crippen molar-refractivity contribution in [3.05, 3.63) is 63.5 Å². The van der Waals surface area contributed by atoms with E-state index in [1.807, 2.05) is 19.9 Å². The maximum Gasteiger partial charge on any atom is 0.228 e. The lowest BCUT2D eigenvalue weighted by Crippen LogP contribution is -2.15. The molecule has 0 spiro atoms. The lowest BCUT2D eigenvalue weighted by Gasteiger charge is -2.08. The SMILES string of the molecule is COc1ccc(NC(=O)Cc2c(C)nn(-c3ccc(Cl)c(Cl)c3)c2C)cn1. The largest absolute Gasteiger partial charge is 0.481 e. The first kappa shape index (κ1) is 19.2. The van der Waals surface area contributed by atoms with Crippen molar-refractivity contribution in [2.45, 2.75) is 20.3 Å². The Morgan fingerprint density at radius 1 is 1.19 bits per heavy atom. The lowest BCUT2D eigenvalue weighted by molar-refractivity contribution is -0.115. The van der Waals surface area contributed by atoms with Gasteiger partial charge in [0.05, 0.1) is 46.8 Å². The van der Waals surface area contributed by atoms with Crippen molar-refractivity contribution in [1.82, 2.24) is 14.8 Å². The Morgan fingerprint density at radius 3 is 2.59 bits per heavy atom. The average molecular weight is 405 g/mol. The number of nitrogens with one attached hydrogen (secondary N) is 1. The molecule has 1 aromatic carbocycles.